The predicted molar refractivity (Wildman–Crippen MR) is 60.4 cm³/mol. The number of carbonyl (C=O) groups is 3. The molecule has 94 valence electrons. The van der Waals surface area contributed by atoms with Gasteiger partial charge in [0.1, 0.15) is 0 Å². The number of hydrogen-bond acceptors (Lipinski definition) is 4. The maximum atomic E-state index is 11.6. The van der Waals surface area contributed by atoms with Crippen LogP contribution in [0.2, 0.25) is 0 Å². The van der Waals surface area contributed by atoms with E-state index >= 15 is 0 Å². The molecule has 0 aromatic carbocycles. The second-order valence-electron chi connectivity index (χ2n) is 4.04. The van der Waals surface area contributed by atoms with Gasteiger partial charge < -0.3 is 4.84 Å². The molecule has 0 aromatic heterocycles. The first kappa shape index (κ1) is 13.4. The average Bonchev–Trinajstić information content (AvgIpc) is 2.61. The molecule has 1 heterocycles. The topological polar surface area (TPSA) is 63.7 Å². The Morgan fingerprint density at radius 1 is 1.41 bits per heavy atom. The van der Waals surface area contributed by atoms with Crippen molar-refractivity contribution in [1.29, 1.82) is 0 Å². The summed E-state index contributed by atoms with van der Waals surface area (Å²) in [6.07, 6.45) is 5.52. The molecule has 5 heteroatoms. The molecule has 0 spiro atoms. The number of carbonyl (C=O) groups excluding carboxylic acids is 3. The minimum Gasteiger partial charge on any atom is -0.330 e. The van der Waals surface area contributed by atoms with Gasteiger partial charge in [0.15, 0.2) is 0 Å². The molecule has 0 bridgehead atoms. The monoisotopic (exact) mass is 239 g/mol. The van der Waals surface area contributed by atoms with Gasteiger partial charge >= 0.3 is 5.97 Å². The summed E-state index contributed by atoms with van der Waals surface area (Å²) >= 11 is 0. The van der Waals surface area contributed by atoms with Crippen LogP contribution in [0.15, 0.2) is 12.2 Å². The van der Waals surface area contributed by atoms with Gasteiger partial charge in [-0.15, -0.1) is 5.06 Å². The van der Waals surface area contributed by atoms with Gasteiger partial charge in [-0.05, 0) is 19.8 Å². The summed E-state index contributed by atoms with van der Waals surface area (Å²) in [5, 5.41) is 0.592. The van der Waals surface area contributed by atoms with Gasteiger partial charge in [0, 0.05) is 12.8 Å². The van der Waals surface area contributed by atoms with E-state index in [0.717, 1.165) is 6.42 Å². The number of rotatable bonds is 5. The third-order valence-corrected chi connectivity index (χ3v) is 2.59. The van der Waals surface area contributed by atoms with E-state index in [1.54, 1.807) is 6.92 Å². The zero-order valence-corrected chi connectivity index (χ0v) is 10.1. The molecule has 0 radical (unpaired) electrons. The zero-order chi connectivity index (χ0) is 12.8. The molecule has 1 rings (SSSR count). The first-order valence-corrected chi connectivity index (χ1v) is 5.75. The quantitative estimate of drug-likeness (QED) is 0.540. The summed E-state index contributed by atoms with van der Waals surface area (Å²) < 4.78 is 0. The Morgan fingerprint density at radius 2 is 2.00 bits per heavy atom. The molecule has 0 aromatic rings. The molecule has 1 aliphatic rings. The lowest BCUT2D eigenvalue weighted by atomic mass is 10.1. The second-order valence-corrected chi connectivity index (χ2v) is 4.04. The van der Waals surface area contributed by atoms with Crippen LogP contribution in [-0.4, -0.2) is 22.8 Å². The third-order valence-electron chi connectivity index (χ3n) is 2.59. The van der Waals surface area contributed by atoms with Crippen molar-refractivity contribution in [3.63, 3.8) is 0 Å². The van der Waals surface area contributed by atoms with E-state index < -0.39 is 17.8 Å². The van der Waals surface area contributed by atoms with Gasteiger partial charge in [-0.2, -0.15) is 0 Å². The van der Waals surface area contributed by atoms with Crippen molar-refractivity contribution in [3.05, 3.63) is 12.2 Å². The van der Waals surface area contributed by atoms with Crippen molar-refractivity contribution < 1.29 is 19.2 Å². The van der Waals surface area contributed by atoms with Crippen LogP contribution < -0.4 is 0 Å². The molecule has 0 saturated carbocycles. The Labute approximate surface area is 100 Å². The second kappa shape index (κ2) is 6.18. The third kappa shape index (κ3) is 3.69. The highest BCUT2D eigenvalue weighted by Crippen LogP contribution is 2.15. The summed E-state index contributed by atoms with van der Waals surface area (Å²) in [5.74, 6) is -1.74. The van der Waals surface area contributed by atoms with Crippen LogP contribution in [0.1, 0.15) is 39.5 Å². The number of allylic oxidation sites excluding steroid dienone is 2. The number of amides is 2. The van der Waals surface area contributed by atoms with Gasteiger partial charge in [-0.25, -0.2) is 4.79 Å². The summed E-state index contributed by atoms with van der Waals surface area (Å²) in [6, 6.07) is 0. The standard InChI is InChI=1S/C12H17NO4/c1-3-4-5-6-9(2)12(16)17-13-10(14)7-8-11(13)15/h3-4,9H,5-8H2,1-2H3. The summed E-state index contributed by atoms with van der Waals surface area (Å²) in [6.45, 7) is 3.63. The first-order valence-electron chi connectivity index (χ1n) is 5.75. The highest BCUT2D eigenvalue weighted by molar-refractivity contribution is 6.01. The summed E-state index contributed by atoms with van der Waals surface area (Å²) in [4.78, 5) is 38.8. The van der Waals surface area contributed by atoms with E-state index in [1.807, 2.05) is 19.1 Å². The average molecular weight is 239 g/mol. The highest BCUT2D eigenvalue weighted by Gasteiger charge is 2.33. The molecule has 1 saturated heterocycles. The summed E-state index contributed by atoms with van der Waals surface area (Å²) in [5.41, 5.74) is 0. The number of nitrogens with zero attached hydrogens (tertiary/aromatic N) is 1. The lowest BCUT2D eigenvalue weighted by Gasteiger charge is -2.15. The number of imide groups is 1. The van der Waals surface area contributed by atoms with Crippen molar-refractivity contribution >= 4 is 17.8 Å². The zero-order valence-electron chi connectivity index (χ0n) is 10.1. The minimum atomic E-state index is -0.530. The van der Waals surface area contributed by atoms with Crippen molar-refractivity contribution in [2.75, 3.05) is 0 Å². The van der Waals surface area contributed by atoms with E-state index in [4.69, 9.17) is 4.84 Å². The molecule has 0 aliphatic carbocycles. The molecular formula is C12H17NO4. The molecule has 17 heavy (non-hydrogen) atoms. The van der Waals surface area contributed by atoms with Crippen LogP contribution in [0.4, 0.5) is 0 Å². The molecule has 2 amide bonds. The van der Waals surface area contributed by atoms with E-state index in [0.29, 0.717) is 11.5 Å². The molecule has 5 nitrogen and oxygen atoms in total. The van der Waals surface area contributed by atoms with E-state index in [2.05, 4.69) is 0 Å². The summed E-state index contributed by atoms with van der Waals surface area (Å²) in [7, 11) is 0. The van der Waals surface area contributed by atoms with Crippen LogP contribution in [0, 0.1) is 5.92 Å². The maximum Gasteiger partial charge on any atom is 0.335 e. The van der Waals surface area contributed by atoms with Gasteiger partial charge in [0.05, 0.1) is 5.92 Å². The van der Waals surface area contributed by atoms with E-state index in [9.17, 15) is 14.4 Å². The fraction of sp³-hybridized carbons (Fsp3) is 0.583. The molecule has 1 atom stereocenters. The van der Waals surface area contributed by atoms with Gasteiger partial charge in [-0.1, -0.05) is 19.1 Å². The van der Waals surface area contributed by atoms with E-state index in [1.165, 1.54) is 0 Å². The Bertz CT molecular complexity index is 332. The van der Waals surface area contributed by atoms with Crippen LogP contribution in [0.3, 0.4) is 0 Å². The molecule has 1 fully saturated rings. The Kier molecular flexibility index (Phi) is 4.87. The lowest BCUT2D eigenvalue weighted by Crippen LogP contribution is -2.34. The van der Waals surface area contributed by atoms with Crippen LogP contribution in [-0.2, 0) is 19.2 Å². The van der Waals surface area contributed by atoms with Crippen molar-refractivity contribution in [3.8, 4) is 0 Å². The Hall–Kier alpha value is -1.65. The van der Waals surface area contributed by atoms with Crippen LogP contribution >= 0.6 is 0 Å². The van der Waals surface area contributed by atoms with Gasteiger partial charge in [-0.3, -0.25) is 9.59 Å². The van der Waals surface area contributed by atoms with Crippen molar-refractivity contribution in [1.82, 2.24) is 5.06 Å². The molecular weight excluding hydrogens is 222 g/mol. The number of hydroxylamine groups is 2. The lowest BCUT2D eigenvalue weighted by molar-refractivity contribution is -0.200. The Balaban J connectivity index is 2.42. The van der Waals surface area contributed by atoms with Gasteiger partial charge in [0.2, 0.25) is 0 Å². The first-order chi connectivity index (χ1) is 8.06. The smallest absolute Gasteiger partial charge is 0.330 e. The largest absolute Gasteiger partial charge is 0.335 e. The molecule has 1 aliphatic heterocycles. The fourth-order valence-electron chi connectivity index (χ4n) is 1.47. The molecule has 0 N–H and O–H groups in total. The molecule has 1 unspecified atom stereocenters. The highest BCUT2D eigenvalue weighted by atomic mass is 16.7. The fourth-order valence-corrected chi connectivity index (χ4v) is 1.47. The Morgan fingerprint density at radius 3 is 2.53 bits per heavy atom. The number of hydrogen-bond donors (Lipinski definition) is 0. The van der Waals surface area contributed by atoms with Crippen molar-refractivity contribution in [2.24, 2.45) is 5.92 Å². The predicted octanol–water partition coefficient (Wildman–Crippen LogP) is 1.59. The van der Waals surface area contributed by atoms with Crippen LogP contribution in [0.5, 0.6) is 0 Å². The maximum absolute atomic E-state index is 11.6. The minimum absolute atomic E-state index is 0.124. The van der Waals surface area contributed by atoms with Crippen molar-refractivity contribution in [2.45, 2.75) is 39.5 Å². The van der Waals surface area contributed by atoms with E-state index in [-0.39, 0.29) is 18.8 Å². The normalized spacial score (nSPS) is 17.9. The van der Waals surface area contributed by atoms with Crippen LogP contribution in [0.25, 0.3) is 0 Å². The SMILES string of the molecule is CC=CCCC(C)C(=O)ON1C(=O)CCC1=O. The van der Waals surface area contributed by atoms with Gasteiger partial charge in [0.25, 0.3) is 11.8 Å².